The summed E-state index contributed by atoms with van der Waals surface area (Å²) in [6.07, 6.45) is 0.690. The Bertz CT molecular complexity index is 500. The molecule has 1 N–H and O–H groups in total. The van der Waals surface area contributed by atoms with Gasteiger partial charge in [-0.15, -0.1) is 0 Å². The van der Waals surface area contributed by atoms with E-state index in [4.69, 9.17) is 0 Å². The predicted molar refractivity (Wildman–Crippen MR) is 83.7 cm³/mol. The lowest BCUT2D eigenvalue weighted by Gasteiger charge is -2.19. The lowest BCUT2D eigenvalue weighted by atomic mass is 9.91. The van der Waals surface area contributed by atoms with Crippen molar-refractivity contribution in [2.24, 2.45) is 0 Å². The number of rotatable bonds is 7. The molecule has 1 aromatic carbocycles. The zero-order valence-corrected chi connectivity index (χ0v) is 13.6. The average molecular weight is 291 g/mol. The molecular formula is C17H25NO3. The van der Waals surface area contributed by atoms with Crippen molar-refractivity contribution >= 4 is 11.8 Å². The molecule has 0 bridgehead atoms. The second-order valence-electron chi connectivity index (χ2n) is 5.36. The molecule has 0 aliphatic heterocycles. The number of ketones is 1. The molecule has 0 spiro atoms. The maximum absolute atomic E-state index is 12.8. The topological polar surface area (TPSA) is 55.4 Å². The SMILES string of the molecule is CCNC(CCC(=O)OC)C(=O)c1c(C)cc(C)cc1C. The van der Waals surface area contributed by atoms with Crippen LogP contribution in [0.3, 0.4) is 0 Å². The highest BCUT2D eigenvalue weighted by molar-refractivity contribution is 6.02. The number of hydrogen-bond acceptors (Lipinski definition) is 4. The van der Waals surface area contributed by atoms with Gasteiger partial charge in [0.15, 0.2) is 5.78 Å². The molecule has 0 radical (unpaired) electrons. The maximum atomic E-state index is 12.8. The number of ether oxygens (including phenoxy) is 1. The number of methoxy groups -OCH3 is 1. The Kier molecular flexibility index (Phi) is 6.56. The number of benzene rings is 1. The Labute approximate surface area is 126 Å². The maximum Gasteiger partial charge on any atom is 0.305 e. The number of carbonyl (C=O) groups excluding carboxylic acids is 2. The highest BCUT2D eigenvalue weighted by Crippen LogP contribution is 2.19. The Morgan fingerprint density at radius 2 is 1.76 bits per heavy atom. The summed E-state index contributed by atoms with van der Waals surface area (Å²) in [4.78, 5) is 24.1. The van der Waals surface area contributed by atoms with Gasteiger partial charge in [-0.25, -0.2) is 0 Å². The first-order chi connectivity index (χ1) is 9.90. The number of esters is 1. The molecule has 4 heteroatoms. The van der Waals surface area contributed by atoms with Crippen molar-refractivity contribution in [3.05, 3.63) is 34.4 Å². The molecule has 0 amide bonds. The van der Waals surface area contributed by atoms with E-state index in [0.29, 0.717) is 13.0 Å². The van der Waals surface area contributed by atoms with Crippen LogP contribution in [0.15, 0.2) is 12.1 Å². The van der Waals surface area contributed by atoms with E-state index in [1.54, 1.807) is 0 Å². The van der Waals surface area contributed by atoms with Gasteiger partial charge in [-0.3, -0.25) is 9.59 Å². The Morgan fingerprint density at radius 3 is 2.24 bits per heavy atom. The third kappa shape index (κ3) is 4.67. The molecule has 4 nitrogen and oxygen atoms in total. The molecule has 0 heterocycles. The molecule has 0 aliphatic carbocycles. The molecule has 1 atom stereocenters. The summed E-state index contributed by atoms with van der Waals surface area (Å²) in [5.41, 5.74) is 3.88. The third-order valence-corrected chi connectivity index (χ3v) is 3.56. The highest BCUT2D eigenvalue weighted by Gasteiger charge is 2.23. The second-order valence-corrected chi connectivity index (χ2v) is 5.36. The van der Waals surface area contributed by atoms with Crippen LogP contribution in [0.4, 0.5) is 0 Å². The van der Waals surface area contributed by atoms with Crippen LogP contribution >= 0.6 is 0 Å². The van der Waals surface area contributed by atoms with Gasteiger partial charge in [0.1, 0.15) is 0 Å². The smallest absolute Gasteiger partial charge is 0.305 e. The fourth-order valence-electron chi connectivity index (χ4n) is 2.68. The molecular weight excluding hydrogens is 266 g/mol. The number of hydrogen-bond donors (Lipinski definition) is 1. The summed E-state index contributed by atoms with van der Waals surface area (Å²) in [5.74, 6) is -0.237. The zero-order chi connectivity index (χ0) is 16.0. The largest absolute Gasteiger partial charge is 0.469 e. The van der Waals surface area contributed by atoms with Crippen molar-refractivity contribution in [3.63, 3.8) is 0 Å². The fourth-order valence-corrected chi connectivity index (χ4v) is 2.68. The molecule has 0 saturated carbocycles. The summed E-state index contributed by atoms with van der Waals surface area (Å²) in [5, 5.41) is 3.17. The van der Waals surface area contributed by atoms with E-state index >= 15 is 0 Å². The van der Waals surface area contributed by atoms with Crippen LogP contribution < -0.4 is 5.32 Å². The van der Waals surface area contributed by atoms with Crippen LogP contribution in [-0.4, -0.2) is 31.4 Å². The first-order valence-electron chi connectivity index (χ1n) is 7.33. The minimum atomic E-state index is -0.353. The van der Waals surface area contributed by atoms with Gasteiger partial charge in [0.25, 0.3) is 0 Å². The molecule has 0 aliphatic rings. The quantitative estimate of drug-likeness (QED) is 0.620. The number of Topliss-reactive ketones (excluding diaryl/α,β-unsaturated/α-hetero) is 1. The van der Waals surface area contributed by atoms with E-state index < -0.39 is 0 Å². The molecule has 1 unspecified atom stereocenters. The van der Waals surface area contributed by atoms with Crippen molar-refractivity contribution in [3.8, 4) is 0 Å². The first-order valence-corrected chi connectivity index (χ1v) is 7.33. The molecule has 1 aromatic rings. The Hall–Kier alpha value is -1.68. The summed E-state index contributed by atoms with van der Waals surface area (Å²) in [6.45, 7) is 8.56. The van der Waals surface area contributed by atoms with Gasteiger partial charge in [-0.1, -0.05) is 24.6 Å². The van der Waals surface area contributed by atoms with Crippen LogP contribution in [0.25, 0.3) is 0 Å². The van der Waals surface area contributed by atoms with Crippen LogP contribution in [0, 0.1) is 20.8 Å². The summed E-state index contributed by atoms with van der Waals surface area (Å²) in [7, 11) is 1.36. The van der Waals surface area contributed by atoms with Crippen molar-refractivity contribution in [1.29, 1.82) is 0 Å². The molecule has 0 saturated heterocycles. The normalized spacial score (nSPS) is 12.0. The molecule has 21 heavy (non-hydrogen) atoms. The third-order valence-electron chi connectivity index (χ3n) is 3.56. The minimum absolute atomic E-state index is 0.0516. The second kappa shape index (κ2) is 7.93. The van der Waals surface area contributed by atoms with Gasteiger partial charge in [0.2, 0.25) is 0 Å². The van der Waals surface area contributed by atoms with Gasteiger partial charge in [0.05, 0.1) is 13.2 Å². The lowest BCUT2D eigenvalue weighted by molar-refractivity contribution is -0.140. The molecule has 0 aromatic heterocycles. The van der Waals surface area contributed by atoms with E-state index in [2.05, 4.69) is 10.1 Å². The minimum Gasteiger partial charge on any atom is -0.469 e. The van der Waals surface area contributed by atoms with Crippen molar-refractivity contribution in [1.82, 2.24) is 5.32 Å². The lowest BCUT2D eigenvalue weighted by Crippen LogP contribution is -2.38. The van der Waals surface area contributed by atoms with Crippen LogP contribution in [0.2, 0.25) is 0 Å². The predicted octanol–water partition coefficient (Wildman–Crippen LogP) is 2.73. The van der Waals surface area contributed by atoms with Gasteiger partial charge >= 0.3 is 5.97 Å². The van der Waals surface area contributed by atoms with E-state index in [0.717, 1.165) is 22.3 Å². The van der Waals surface area contributed by atoms with Gasteiger partial charge in [-0.05, 0) is 44.9 Å². The molecule has 1 rings (SSSR count). The summed E-state index contributed by atoms with van der Waals surface area (Å²) in [6, 6.07) is 3.68. The van der Waals surface area contributed by atoms with Crippen LogP contribution in [-0.2, 0) is 9.53 Å². The number of aryl methyl sites for hydroxylation is 3. The van der Waals surface area contributed by atoms with Crippen molar-refractivity contribution in [2.75, 3.05) is 13.7 Å². The summed E-state index contributed by atoms with van der Waals surface area (Å²) >= 11 is 0. The van der Waals surface area contributed by atoms with Crippen molar-refractivity contribution in [2.45, 2.75) is 46.6 Å². The fraction of sp³-hybridized carbons (Fsp3) is 0.529. The zero-order valence-electron chi connectivity index (χ0n) is 13.6. The van der Waals surface area contributed by atoms with E-state index in [9.17, 15) is 9.59 Å². The summed E-state index contributed by atoms with van der Waals surface area (Å²) < 4.78 is 4.65. The highest BCUT2D eigenvalue weighted by atomic mass is 16.5. The average Bonchev–Trinajstić information content (AvgIpc) is 2.41. The Morgan fingerprint density at radius 1 is 1.19 bits per heavy atom. The van der Waals surface area contributed by atoms with Gasteiger partial charge in [-0.2, -0.15) is 0 Å². The van der Waals surface area contributed by atoms with E-state index in [1.807, 2.05) is 39.8 Å². The standard InChI is InChI=1S/C17H25NO3/c1-6-18-14(7-8-15(19)21-5)17(20)16-12(3)9-11(2)10-13(16)4/h9-10,14,18H,6-8H2,1-5H3. The van der Waals surface area contributed by atoms with Crippen molar-refractivity contribution < 1.29 is 14.3 Å². The van der Waals surface area contributed by atoms with Crippen LogP contribution in [0.5, 0.6) is 0 Å². The number of nitrogens with one attached hydrogen (secondary N) is 1. The van der Waals surface area contributed by atoms with Gasteiger partial charge in [0, 0.05) is 12.0 Å². The molecule has 0 fully saturated rings. The van der Waals surface area contributed by atoms with E-state index in [-0.39, 0.29) is 24.2 Å². The number of likely N-dealkylation sites (N-methyl/N-ethyl adjacent to an activating group) is 1. The Balaban J connectivity index is 2.98. The van der Waals surface area contributed by atoms with E-state index in [1.165, 1.54) is 7.11 Å². The van der Waals surface area contributed by atoms with Crippen LogP contribution in [0.1, 0.15) is 46.8 Å². The van der Waals surface area contributed by atoms with Gasteiger partial charge < -0.3 is 10.1 Å². The monoisotopic (exact) mass is 291 g/mol. The number of carbonyl (C=O) groups is 2. The first kappa shape index (κ1) is 17.4. The molecule has 116 valence electrons.